The molecule has 0 saturated heterocycles. The topological polar surface area (TPSA) is 26.0 Å². The van der Waals surface area contributed by atoms with Gasteiger partial charge in [0, 0.05) is 27.9 Å². The number of nitrogens with zero attached hydrogens (tertiary/aromatic N) is 1. The fourth-order valence-electron chi connectivity index (χ4n) is 7.12. The van der Waals surface area contributed by atoms with Crippen LogP contribution in [0, 0.1) is 13.8 Å². The Morgan fingerprint density at radius 1 is 0.857 bits per heavy atom. The van der Waals surface area contributed by atoms with E-state index in [-0.39, 0.29) is 5.41 Å². The second-order valence-electron chi connectivity index (χ2n) is 11.0. The number of rotatable bonds is 2. The predicted octanol–water partition coefficient (Wildman–Crippen LogP) is 9.23. The summed E-state index contributed by atoms with van der Waals surface area (Å²) in [5, 5.41) is 2.47. The molecule has 2 nitrogen and oxygen atoms in total. The molecular weight excluding hydrogens is 426 g/mol. The standard InChI is InChI=1S/C33H31NO/c1-19(2)24-18-34-27(17-21(24)4)29-20(3)11-12-23-31-28(35-32(23)29)14-13-26-30(31)22-9-5-6-10-25(22)33(26)15-7-8-16-33/h5-6,9-14,17-19H,7-8,15-16H2,1-4H3. The highest BCUT2D eigenvalue weighted by molar-refractivity contribution is 6.17. The second-order valence-corrected chi connectivity index (χ2v) is 11.0. The Balaban J connectivity index is 1.55. The van der Waals surface area contributed by atoms with Gasteiger partial charge in [-0.1, -0.05) is 69.2 Å². The van der Waals surface area contributed by atoms with Gasteiger partial charge < -0.3 is 4.42 Å². The maximum Gasteiger partial charge on any atom is 0.145 e. The maximum absolute atomic E-state index is 6.69. The number of furan rings is 1. The van der Waals surface area contributed by atoms with Gasteiger partial charge in [0.1, 0.15) is 11.2 Å². The second kappa shape index (κ2) is 7.31. The van der Waals surface area contributed by atoms with Gasteiger partial charge in [-0.2, -0.15) is 0 Å². The molecule has 1 fully saturated rings. The van der Waals surface area contributed by atoms with Crippen molar-refractivity contribution in [2.75, 3.05) is 0 Å². The van der Waals surface area contributed by atoms with Crippen LogP contribution < -0.4 is 0 Å². The molecule has 0 unspecified atom stereocenters. The molecule has 174 valence electrons. The number of aromatic nitrogens is 1. The molecular formula is C33H31NO. The third-order valence-electron chi connectivity index (χ3n) is 8.73. The lowest BCUT2D eigenvalue weighted by Crippen LogP contribution is -2.20. The summed E-state index contributed by atoms with van der Waals surface area (Å²) in [5.74, 6) is 0.463. The lowest BCUT2D eigenvalue weighted by atomic mass is 9.76. The summed E-state index contributed by atoms with van der Waals surface area (Å²) >= 11 is 0. The van der Waals surface area contributed by atoms with Gasteiger partial charge in [-0.25, -0.2) is 0 Å². The van der Waals surface area contributed by atoms with E-state index >= 15 is 0 Å². The first kappa shape index (κ1) is 20.9. The number of aryl methyl sites for hydroxylation is 2. The van der Waals surface area contributed by atoms with Gasteiger partial charge in [0.2, 0.25) is 0 Å². The average molecular weight is 458 g/mol. The number of hydrogen-bond donors (Lipinski definition) is 0. The molecule has 0 radical (unpaired) electrons. The molecule has 7 rings (SSSR count). The van der Waals surface area contributed by atoms with Crippen LogP contribution in [-0.4, -0.2) is 4.98 Å². The zero-order valence-corrected chi connectivity index (χ0v) is 21.0. The molecule has 3 aromatic carbocycles. The van der Waals surface area contributed by atoms with Crippen molar-refractivity contribution in [3.05, 3.63) is 88.6 Å². The van der Waals surface area contributed by atoms with Crippen molar-refractivity contribution in [2.24, 2.45) is 0 Å². The van der Waals surface area contributed by atoms with E-state index in [1.165, 1.54) is 75.4 Å². The molecule has 0 aliphatic heterocycles. The average Bonchev–Trinajstić information content (AvgIpc) is 3.55. The number of benzene rings is 3. The van der Waals surface area contributed by atoms with Gasteiger partial charge in [0.05, 0.1) is 5.69 Å². The van der Waals surface area contributed by atoms with Crippen molar-refractivity contribution < 1.29 is 4.42 Å². The van der Waals surface area contributed by atoms with Crippen molar-refractivity contribution in [2.45, 2.75) is 64.7 Å². The molecule has 0 bridgehead atoms. The summed E-state index contributed by atoms with van der Waals surface area (Å²) in [6.45, 7) is 8.82. The van der Waals surface area contributed by atoms with E-state index in [0.717, 1.165) is 22.4 Å². The van der Waals surface area contributed by atoms with Gasteiger partial charge in [-0.05, 0) is 83.7 Å². The molecule has 0 N–H and O–H groups in total. The van der Waals surface area contributed by atoms with E-state index < -0.39 is 0 Å². The lowest BCUT2D eigenvalue weighted by molar-refractivity contribution is 0.550. The normalized spacial score (nSPS) is 16.0. The summed E-state index contributed by atoms with van der Waals surface area (Å²) in [7, 11) is 0. The van der Waals surface area contributed by atoms with Crippen molar-refractivity contribution in [3.8, 4) is 22.4 Å². The molecule has 5 aromatic rings. The molecule has 2 aliphatic carbocycles. The first-order valence-corrected chi connectivity index (χ1v) is 13.1. The quantitative estimate of drug-likeness (QED) is 0.264. The highest BCUT2D eigenvalue weighted by Crippen LogP contribution is 2.59. The Kier molecular flexibility index (Phi) is 4.37. The molecule has 2 heteroatoms. The molecule has 1 saturated carbocycles. The Morgan fingerprint density at radius 3 is 2.43 bits per heavy atom. The minimum absolute atomic E-state index is 0.169. The highest BCUT2D eigenvalue weighted by atomic mass is 16.3. The van der Waals surface area contributed by atoms with Crippen molar-refractivity contribution in [3.63, 3.8) is 0 Å². The van der Waals surface area contributed by atoms with E-state index in [4.69, 9.17) is 9.40 Å². The molecule has 35 heavy (non-hydrogen) atoms. The number of pyridine rings is 1. The van der Waals surface area contributed by atoms with E-state index in [1.54, 1.807) is 0 Å². The largest absolute Gasteiger partial charge is 0.455 e. The summed E-state index contributed by atoms with van der Waals surface area (Å²) in [5.41, 5.74) is 13.8. The zero-order valence-electron chi connectivity index (χ0n) is 21.0. The summed E-state index contributed by atoms with van der Waals surface area (Å²) < 4.78 is 6.69. The van der Waals surface area contributed by atoms with Crippen LogP contribution >= 0.6 is 0 Å². The molecule has 2 heterocycles. The van der Waals surface area contributed by atoms with Gasteiger partial charge in [0.25, 0.3) is 0 Å². The van der Waals surface area contributed by atoms with Crippen molar-refractivity contribution in [1.29, 1.82) is 0 Å². The van der Waals surface area contributed by atoms with Crippen LogP contribution in [0.5, 0.6) is 0 Å². The Bertz CT molecular complexity index is 1650. The van der Waals surface area contributed by atoms with Gasteiger partial charge >= 0.3 is 0 Å². The first-order chi connectivity index (χ1) is 17.0. The van der Waals surface area contributed by atoms with Crippen LogP contribution in [0.4, 0.5) is 0 Å². The SMILES string of the molecule is Cc1cc(-c2c(C)ccc3c2oc2ccc4c(c23)-c2ccccc2C42CCCC2)ncc1C(C)C. The lowest BCUT2D eigenvalue weighted by Gasteiger charge is -2.26. The molecule has 1 spiro atoms. The summed E-state index contributed by atoms with van der Waals surface area (Å²) in [4.78, 5) is 4.92. The van der Waals surface area contributed by atoms with Crippen LogP contribution in [0.25, 0.3) is 44.3 Å². The Labute approximate surface area is 207 Å². The van der Waals surface area contributed by atoms with Gasteiger partial charge in [0.15, 0.2) is 0 Å². The van der Waals surface area contributed by atoms with E-state index in [0.29, 0.717) is 5.92 Å². The third kappa shape index (κ3) is 2.74. The summed E-state index contributed by atoms with van der Waals surface area (Å²) in [6.07, 6.45) is 7.15. The Morgan fingerprint density at radius 2 is 1.66 bits per heavy atom. The fourth-order valence-corrected chi connectivity index (χ4v) is 7.12. The first-order valence-electron chi connectivity index (χ1n) is 13.1. The number of hydrogen-bond acceptors (Lipinski definition) is 2. The highest BCUT2D eigenvalue weighted by Gasteiger charge is 2.45. The molecule has 0 atom stereocenters. The summed E-state index contributed by atoms with van der Waals surface area (Å²) in [6, 6.07) is 20.4. The smallest absolute Gasteiger partial charge is 0.145 e. The van der Waals surface area contributed by atoms with E-state index in [1.807, 2.05) is 6.20 Å². The molecule has 0 amide bonds. The third-order valence-corrected chi connectivity index (χ3v) is 8.73. The fraction of sp³-hybridized carbons (Fsp3) is 0.303. The van der Waals surface area contributed by atoms with E-state index in [2.05, 4.69) is 82.3 Å². The van der Waals surface area contributed by atoms with Gasteiger partial charge in [-0.3, -0.25) is 4.98 Å². The van der Waals surface area contributed by atoms with Crippen LogP contribution in [0.3, 0.4) is 0 Å². The number of fused-ring (bicyclic) bond motifs is 9. The minimum Gasteiger partial charge on any atom is -0.455 e. The monoisotopic (exact) mass is 457 g/mol. The van der Waals surface area contributed by atoms with Crippen molar-refractivity contribution >= 4 is 21.9 Å². The van der Waals surface area contributed by atoms with Crippen molar-refractivity contribution in [1.82, 2.24) is 4.98 Å². The zero-order chi connectivity index (χ0) is 23.9. The van der Waals surface area contributed by atoms with E-state index in [9.17, 15) is 0 Å². The van der Waals surface area contributed by atoms with Crippen LogP contribution in [0.15, 0.2) is 65.2 Å². The van der Waals surface area contributed by atoms with Crippen LogP contribution in [0.1, 0.15) is 73.3 Å². The van der Waals surface area contributed by atoms with Gasteiger partial charge in [-0.15, -0.1) is 0 Å². The Hall–Kier alpha value is -3.39. The van der Waals surface area contributed by atoms with Crippen LogP contribution in [0.2, 0.25) is 0 Å². The minimum atomic E-state index is 0.169. The molecule has 2 aromatic heterocycles. The molecule has 2 aliphatic rings. The predicted molar refractivity (Wildman–Crippen MR) is 145 cm³/mol. The maximum atomic E-state index is 6.69. The van der Waals surface area contributed by atoms with Crippen LogP contribution in [-0.2, 0) is 5.41 Å².